The second-order valence-electron chi connectivity index (χ2n) is 5.01. The minimum atomic E-state index is -1.49. The van der Waals surface area contributed by atoms with Crippen LogP contribution in [0.2, 0.25) is 0 Å². The van der Waals surface area contributed by atoms with E-state index in [1.807, 2.05) is 20.8 Å². The van der Waals surface area contributed by atoms with E-state index in [-0.39, 0.29) is 5.92 Å². The van der Waals surface area contributed by atoms with E-state index in [1.165, 1.54) is 0 Å². The molecule has 0 aliphatic heterocycles. The molecule has 0 aliphatic carbocycles. The van der Waals surface area contributed by atoms with Gasteiger partial charge in [-0.3, -0.25) is 0 Å². The van der Waals surface area contributed by atoms with Crippen LogP contribution in [0.3, 0.4) is 0 Å². The highest BCUT2D eigenvalue weighted by Gasteiger charge is 2.31. The Bertz CT molecular complexity index is 139. The minimum absolute atomic E-state index is 0.0464. The predicted octanol–water partition coefficient (Wildman–Crippen LogP) is 2.40. The largest absolute Gasteiger partial charge is 0.365 e. The molecule has 2 nitrogen and oxygen atoms in total. The molecule has 0 saturated heterocycles. The summed E-state index contributed by atoms with van der Waals surface area (Å²) in [7, 11) is 0. The molecule has 0 aromatic rings. The van der Waals surface area contributed by atoms with Crippen molar-refractivity contribution in [1.29, 1.82) is 0 Å². The van der Waals surface area contributed by atoms with Crippen LogP contribution in [0, 0.1) is 17.8 Å². The zero-order valence-corrected chi connectivity index (χ0v) is 9.54. The van der Waals surface area contributed by atoms with Gasteiger partial charge in [0, 0.05) is 12.3 Å². The van der Waals surface area contributed by atoms with Crippen LogP contribution >= 0.6 is 0 Å². The van der Waals surface area contributed by atoms with Gasteiger partial charge in [0.15, 0.2) is 5.79 Å². The molecule has 1 atom stereocenters. The average Bonchev–Trinajstić information content (AvgIpc) is 1.81. The maximum Gasteiger partial charge on any atom is 0.165 e. The van der Waals surface area contributed by atoms with E-state index in [2.05, 4.69) is 13.8 Å². The second-order valence-corrected chi connectivity index (χ2v) is 5.01. The van der Waals surface area contributed by atoms with Crippen LogP contribution in [0.4, 0.5) is 0 Å². The molecule has 0 rings (SSSR count). The van der Waals surface area contributed by atoms with E-state index in [9.17, 15) is 10.2 Å². The summed E-state index contributed by atoms with van der Waals surface area (Å²) in [4.78, 5) is 0. The van der Waals surface area contributed by atoms with E-state index in [1.54, 1.807) is 0 Å². The third-order valence-corrected chi connectivity index (χ3v) is 2.32. The zero-order valence-electron chi connectivity index (χ0n) is 9.54. The number of hydrogen-bond acceptors (Lipinski definition) is 2. The highest BCUT2D eigenvalue weighted by molar-refractivity contribution is 4.74. The highest BCUT2D eigenvalue weighted by Crippen LogP contribution is 2.27. The van der Waals surface area contributed by atoms with Crippen LogP contribution in [0.15, 0.2) is 0 Å². The lowest BCUT2D eigenvalue weighted by Crippen LogP contribution is -2.38. The summed E-state index contributed by atoms with van der Waals surface area (Å²) in [5.41, 5.74) is 0. The Morgan fingerprint density at radius 2 is 1.38 bits per heavy atom. The van der Waals surface area contributed by atoms with E-state index in [0.29, 0.717) is 18.3 Å². The monoisotopic (exact) mass is 188 g/mol. The van der Waals surface area contributed by atoms with Crippen molar-refractivity contribution in [3.05, 3.63) is 0 Å². The normalized spacial score (nSPS) is 15.5. The predicted molar refractivity (Wildman–Crippen MR) is 55.2 cm³/mol. The molecule has 13 heavy (non-hydrogen) atoms. The van der Waals surface area contributed by atoms with E-state index in [0.717, 1.165) is 6.42 Å². The Balaban J connectivity index is 4.10. The molecule has 0 bridgehead atoms. The fourth-order valence-corrected chi connectivity index (χ4v) is 1.70. The van der Waals surface area contributed by atoms with E-state index >= 15 is 0 Å². The van der Waals surface area contributed by atoms with Crippen LogP contribution in [0.1, 0.15) is 47.5 Å². The van der Waals surface area contributed by atoms with Crippen molar-refractivity contribution in [3.8, 4) is 0 Å². The van der Waals surface area contributed by atoms with Gasteiger partial charge in [-0.05, 0) is 18.3 Å². The van der Waals surface area contributed by atoms with E-state index < -0.39 is 5.79 Å². The summed E-state index contributed by atoms with van der Waals surface area (Å²) >= 11 is 0. The van der Waals surface area contributed by atoms with Gasteiger partial charge in [-0.1, -0.05) is 34.6 Å². The first kappa shape index (κ1) is 12.9. The lowest BCUT2D eigenvalue weighted by molar-refractivity contribution is -0.209. The fraction of sp³-hybridized carbons (Fsp3) is 1.00. The first-order valence-electron chi connectivity index (χ1n) is 5.20. The van der Waals surface area contributed by atoms with Gasteiger partial charge in [0.2, 0.25) is 0 Å². The van der Waals surface area contributed by atoms with Gasteiger partial charge in [-0.25, -0.2) is 0 Å². The lowest BCUT2D eigenvalue weighted by Gasteiger charge is -2.31. The van der Waals surface area contributed by atoms with Crippen molar-refractivity contribution in [2.75, 3.05) is 0 Å². The van der Waals surface area contributed by atoms with Crippen LogP contribution < -0.4 is 0 Å². The van der Waals surface area contributed by atoms with Gasteiger partial charge >= 0.3 is 0 Å². The first-order valence-corrected chi connectivity index (χ1v) is 5.20. The smallest absolute Gasteiger partial charge is 0.165 e. The Morgan fingerprint density at radius 3 is 1.69 bits per heavy atom. The average molecular weight is 188 g/mol. The molecule has 2 heteroatoms. The summed E-state index contributed by atoms with van der Waals surface area (Å²) < 4.78 is 0. The molecule has 0 fully saturated rings. The van der Waals surface area contributed by atoms with Crippen LogP contribution in [-0.2, 0) is 0 Å². The molecule has 0 amide bonds. The van der Waals surface area contributed by atoms with Gasteiger partial charge < -0.3 is 10.2 Å². The zero-order chi connectivity index (χ0) is 10.6. The summed E-state index contributed by atoms with van der Waals surface area (Å²) in [6, 6.07) is 0. The van der Waals surface area contributed by atoms with Gasteiger partial charge in [-0.15, -0.1) is 0 Å². The molecule has 0 saturated carbocycles. The van der Waals surface area contributed by atoms with Gasteiger partial charge in [0.05, 0.1) is 0 Å². The molecule has 80 valence electrons. The molecule has 0 spiro atoms. The molecule has 0 heterocycles. The topological polar surface area (TPSA) is 40.5 Å². The van der Waals surface area contributed by atoms with Crippen LogP contribution in [0.5, 0.6) is 0 Å². The maximum atomic E-state index is 9.76. The highest BCUT2D eigenvalue weighted by atomic mass is 16.5. The van der Waals surface area contributed by atoms with Crippen molar-refractivity contribution in [3.63, 3.8) is 0 Å². The molecule has 0 aromatic carbocycles. The number of hydrogen-bond donors (Lipinski definition) is 2. The SMILES string of the molecule is CC(C)CC(C)C(O)(O)CC(C)C. The minimum Gasteiger partial charge on any atom is -0.365 e. The van der Waals surface area contributed by atoms with Gasteiger partial charge in [-0.2, -0.15) is 0 Å². The number of aliphatic hydroxyl groups is 2. The third kappa shape index (κ3) is 5.27. The van der Waals surface area contributed by atoms with Gasteiger partial charge in [0.1, 0.15) is 0 Å². The van der Waals surface area contributed by atoms with Crippen molar-refractivity contribution in [1.82, 2.24) is 0 Å². The molecule has 0 radical (unpaired) electrons. The molecular weight excluding hydrogens is 164 g/mol. The molecular formula is C11H24O2. The standard InChI is InChI=1S/C11H24O2/c1-8(2)6-10(5)11(12,13)7-9(3)4/h8-10,12-13H,6-7H2,1-5H3. The van der Waals surface area contributed by atoms with Crippen LogP contribution in [-0.4, -0.2) is 16.0 Å². The molecule has 1 unspecified atom stereocenters. The summed E-state index contributed by atoms with van der Waals surface area (Å²) in [6.07, 6.45) is 1.32. The van der Waals surface area contributed by atoms with Crippen molar-refractivity contribution >= 4 is 0 Å². The summed E-state index contributed by atoms with van der Waals surface area (Å²) in [6.45, 7) is 10.1. The Kier molecular flexibility index (Phi) is 4.93. The van der Waals surface area contributed by atoms with Crippen molar-refractivity contribution < 1.29 is 10.2 Å². The van der Waals surface area contributed by atoms with Crippen molar-refractivity contribution in [2.24, 2.45) is 17.8 Å². The maximum absolute atomic E-state index is 9.76. The van der Waals surface area contributed by atoms with Crippen molar-refractivity contribution in [2.45, 2.75) is 53.2 Å². The third-order valence-electron chi connectivity index (χ3n) is 2.32. The second kappa shape index (κ2) is 4.97. The van der Waals surface area contributed by atoms with E-state index in [4.69, 9.17) is 0 Å². The first-order chi connectivity index (χ1) is 5.75. The molecule has 0 aromatic heterocycles. The molecule has 2 N–H and O–H groups in total. The quantitative estimate of drug-likeness (QED) is 0.650. The Morgan fingerprint density at radius 1 is 0.923 bits per heavy atom. The Hall–Kier alpha value is -0.0800. The Labute approximate surface area is 82.0 Å². The lowest BCUT2D eigenvalue weighted by atomic mass is 9.86. The van der Waals surface area contributed by atoms with Crippen LogP contribution in [0.25, 0.3) is 0 Å². The van der Waals surface area contributed by atoms with Gasteiger partial charge in [0.25, 0.3) is 0 Å². The molecule has 0 aliphatic rings. The summed E-state index contributed by atoms with van der Waals surface area (Å²) in [5, 5.41) is 19.5. The summed E-state index contributed by atoms with van der Waals surface area (Å²) in [5.74, 6) is -0.696. The fourth-order valence-electron chi connectivity index (χ4n) is 1.70. The number of rotatable bonds is 5.